The highest BCUT2D eigenvalue weighted by Gasteiger charge is 2.34. The molecule has 98 valence electrons. The Hall–Kier alpha value is -0.950. The number of methoxy groups -OCH3 is 1. The van der Waals surface area contributed by atoms with E-state index >= 15 is 0 Å². The molecular weight excluding hydrogens is 250 g/mol. The van der Waals surface area contributed by atoms with Gasteiger partial charge in [-0.2, -0.15) is 0 Å². The third-order valence-electron chi connectivity index (χ3n) is 3.40. The molecule has 1 aliphatic rings. The van der Waals surface area contributed by atoms with Gasteiger partial charge in [0.05, 0.1) is 12.3 Å². The summed E-state index contributed by atoms with van der Waals surface area (Å²) in [7, 11) is 1.75. The van der Waals surface area contributed by atoms with Gasteiger partial charge in [-0.3, -0.25) is 4.40 Å². The lowest BCUT2D eigenvalue weighted by Gasteiger charge is -2.25. The van der Waals surface area contributed by atoms with E-state index in [-0.39, 0.29) is 5.60 Å². The van der Waals surface area contributed by atoms with Gasteiger partial charge in [0.25, 0.3) is 0 Å². The number of ether oxygens (including phenoxy) is 2. The predicted molar refractivity (Wildman–Crippen MR) is 70.0 cm³/mol. The van der Waals surface area contributed by atoms with Crippen LogP contribution in [0, 0.1) is 0 Å². The molecule has 0 bridgehead atoms. The molecule has 1 N–H and O–H groups in total. The van der Waals surface area contributed by atoms with E-state index in [1.807, 2.05) is 16.0 Å². The molecule has 0 saturated carbocycles. The topological polar surface area (TPSA) is 47.8 Å². The number of nitrogens with one attached hydrogen (secondary N) is 1. The molecule has 0 aromatic carbocycles. The third kappa shape index (κ3) is 2.29. The van der Waals surface area contributed by atoms with Crippen LogP contribution in [0.5, 0.6) is 0 Å². The summed E-state index contributed by atoms with van der Waals surface area (Å²) in [6.07, 6.45) is 5.04. The summed E-state index contributed by atoms with van der Waals surface area (Å²) < 4.78 is 13.0. The van der Waals surface area contributed by atoms with Gasteiger partial charge in [0.2, 0.25) is 0 Å². The van der Waals surface area contributed by atoms with Crippen LogP contribution in [0.1, 0.15) is 12.1 Å². The maximum Gasteiger partial charge on any atom is 0.193 e. The van der Waals surface area contributed by atoms with Crippen molar-refractivity contribution in [3.8, 4) is 0 Å². The molecule has 0 aliphatic carbocycles. The first-order valence-electron chi connectivity index (χ1n) is 6.06. The summed E-state index contributed by atoms with van der Waals surface area (Å²) in [5.41, 5.74) is 0.906. The fraction of sp³-hybridized carbons (Fsp3) is 0.583. The van der Waals surface area contributed by atoms with Crippen molar-refractivity contribution >= 4 is 16.3 Å². The fourth-order valence-corrected chi connectivity index (χ4v) is 2.96. The third-order valence-corrected chi connectivity index (χ3v) is 4.17. The lowest BCUT2D eigenvalue weighted by atomic mass is 10.0. The number of imidazole rings is 1. The molecule has 0 amide bonds. The minimum atomic E-state index is -0.156. The van der Waals surface area contributed by atoms with Crippen molar-refractivity contribution in [1.82, 2.24) is 14.7 Å². The Balaban J connectivity index is 1.56. The molecule has 1 unspecified atom stereocenters. The molecule has 5 nitrogen and oxygen atoms in total. The lowest BCUT2D eigenvalue weighted by Crippen LogP contribution is -2.42. The zero-order valence-corrected chi connectivity index (χ0v) is 11.2. The summed E-state index contributed by atoms with van der Waals surface area (Å²) in [5.74, 6) is 0. The van der Waals surface area contributed by atoms with Crippen molar-refractivity contribution < 1.29 is 9.47 Å². The zero-order chi connectivity index (χ0) is 12.4. The van der Waals surface area contributed by atoms with Gasteiger partial charge in [-0.05, 0) is 0 Å². The Kier molecular flexibility index (Phi) is 3.34. The van der Waals surface area contributed by atoms with Crippen LogP contribution in [0.2, 0.25) is 0 Å². The van der Waals surface area contributed by atoms with Gasteiger partial charge < -0.3 is 14.8 Å². The number of nitrogens with zero attached hydrogens (tertiary/aromatic N) is 2. The van der Waals surface area contributed by atoms with Crippen molar-refractivity contribution in [3.63, 3.8) is 0 Å². The van der Waals surface area contributed by atoms with E-state index in [9.17, 15) is 0 Å². The Morgan fingerprint density at radius 1 is 1.67 bits per heavy atom. The van der Waals surface area contributed by atoms with Crippen molar-refractivity contribution in [3.05, 3.63) is 23.5 Å². The van der Waals surface area contributed by atoms with E-state index in [1.54, 1.807) is 18.4 Å². The quantitative estimate of drug-likeness (QED) is 0.887. The highest BCUT2D eigenvalue weighted by Crippen LogP contribution is 2.21. The van der Waals surface area contributed by atoms with Gasteiger partial charge in [-0.25, -0.2) is 4.98 Å². The van der Waals surface area contributed by atoms with E-state index in [2.05, 4.69) is 16.5 Å². The van der Waals surface area contributed by atoms with Crippen LogP contribution in [0.3, 0.4) is 0 Å². The van der Waals surface area contributed by atoms with Crippen molar-refractivity contribution in [2.45, 2.75) is 18.6 Å². The average Bonchev–Trinajstić information content (AvgIpc) is 3.04. The first-order valence-corrected chi connectivity index (χ1v) is 6.94. The van der Waals surface area contributed by atoms with Gasteiger partial charge in [-0.15, -0.1) is 11.3 Å². The second kappa shape index (κ2) is 4.97. The molecule has 2 aromatic heterocycles. The molecule has 18 heavy (non-hydrogen) atoms. The van der Waals surface area contributed by atoms with Crippen LogP contribution in [-0.4, -0.2) is 41.9 Å². The van der Waals surface area contributed by atoms with Gasteiger partial charge in [-0.1, -0.05) is 0 Å². The summed E-state index contributed by atoms with van der Waals surface area (Å²) >= 11 is 1.65. The number of fused-ring (bicyclic) bond motifs is 1. The van der Waals surface area contributed by atoms with Crippen LogP contribution >= 0.6 is 11.3 Å². The second-order valence-corrected chi connectivity index (χ2v) is 5.49. The molecule has 0 spiro atoms. The smallest absolute Gasteiger partial charge is 0.193 e. The molecule has 3 rings (SSSR count). The van der Waals surface area contributed by atoms with Gasteiger partial charge in [0.1, 0.15) is 5.60 Å². The molecule has 1 aliphatic heterocycles. The lowest BCUT2D eigenvalue weighted by molar-refractivity contribution is -0.0159. The normalized spacial score (nSPS) is 24.1. The minimum absolute atomic E-state index is 0.156. The Morgan fingerprint density at radius 2 is 2.61 bits per heavy atom. The number of hydrogen-bond acceptors (Lipinski definition) is 5. The van der Waals surface area contributed by atoms with E-state index < -0.39 is 0 Å². The summed E-state index contributed by atoms with van der Waals surface area (Å²) in [5, 5.41) is 5.45. The molecule has 1 atom stereocenters. The number of aromatic nitrogens is 2. The van der Waals surface area contributed by atoms with E-state index in [0.29, 0.717) is 6.61 Å². The maximum atomic E-state index is 5.57. The molecule has 0 radical (unpaired) electrons. The molecule has 6 heteroatoms. The first-order chi connectivity index (χ1) is 8.81. The van der Waals surface area contributed by atoms with Crippen LogP contribution in [0.4, 0.5) is 0 Å². The van der Waals surface area contributed by atoms with E-state index in [4.69, 9.17) is 9.47 Å². The van der Waals surface area contributed by atoms with Gasteiger partial charge in [0, 0.05) is 51.0 Å². The average molecular weight is 267 g/mol. The maximum absolute atomic E-state index is 5.57. The number of hydrogen-bond donors (Lipinski definition) is 1. The SMILES string of the molecule is COC1(CNCc2cn3ccsc3n2)CCOC1. The number of thiazole rings is 1. The zero-order valence-electron chi connectivity index (χ0n) is 10.4. The summed E-state index contributed by atoms with van der Waals surface area (Å²) in [6, 6.07) is 0. The highest BCUT2D eigenvalue weighted by molar-refractivity contribution is 7.15. The van der Waals surface area contributed by atoms with Crippen molar-refractivity contribution in [2.75, 3.05) is 26.9 Å². The second-order valence-electron chi connectivity index (χ2n) is 4.62. The predicted octanol–water partition coefficient (Wildman–Crippen LogP) is 1.29. The largest absolute Gasteiger partial charge is 0.378 e. The van der Waals surface area contributed by atoms with Crippen LogP contribution < -0.4 is 5.32 Å². The van der Waals surface area contributed by atoms with Crippen LogP contribution in [0.25, 0.3) is 4.96 Å². The highest BCUT2D eigenvalue weighted by atomic mass is 32.1. The molecule has 3 heterocycles. The summed E-state index contributed by atoms with van der Waals surface area (Å²) in [6.45, 7) is 3.03. The van der Waals surface area contributed by atoms with Crippen LogP contribution in [-0.2, 0) is 16.0 Å². The van der Waals surface area contributed by atoms with E-state index in [1.165, 1.54) is 0 Å². The van der Waals surface area contributed by atoms with Crippen LogP contribution in [0.15, 0.2) is 17.8 Å². The Morgan fingerprint density at radius 3 is 3.33 bits per heavy atom. The summed E-state index contributed by atoms with van der Waals surface area (Å²) in [4.78, 5) is 5.57. The van der Waals surface area contributed by atoms with Gasteiger partial charge in [0.15, 0.2) is 4.96 Å². The molecular formula is C12H17N3O2S. The first kappa shape index (κ1) is 12.1. The van der Waals surface area contributed by atoms with Crippen molar-refractivity contribution in [2.24, 2.45) is 0 Å². The van der Waals surface area contributed by atoms with E-state index in [0.717, 1.165) is 36.8 Å². The monoisotopic (exact) mass is 267 g/mol. The van der Waals surface area contributed by atoms with Gasteiger partial charge >= 0.3 is 0 Å². The molecule has 1 saturated heterocycles. The Labute approximate surface area is 110 Å². The standard InChI is InChI=1S/C12H17N3O2S/c1-16-12(2-4-17-9-12)8-13-6-10-7-15-3-5-18-11(15)14-10/h3,5,7,13H,2,4,6,8-9H2,1H3. The molecule has 2 aromatic rings. The van der Waals surface area contributed by atoms with Crippen molar-refractivity contribution in [1.29, 1.82) is 0 Å². The minimum Gasteiger partial charge on any atom is -0.378 e. The molecule has 1 fully saturated rings. The Bertz CT molecular complexity index is 488. The number of rotatable bonds is 5. The fourth-order valence-electron chi connectivity index (χ4n) is 2.24.